The Morgan fingerprint density at radius 2 is 1.58 bits per heavy atom. The van der Waals surface area contributed by atoms with Crippen molar-refractivity contribution in [3.63, 3.8) is 0 Å². The maximum Gasteiger partial charge on any atom is 0.120 e. The summed E-state index contributed by atoms with van der Waals surface area (Å²) in [6.07, 6.45) is 5.04. The van der Waals surface area contributed by atoms with Crippen molar-refractivity contribution in [2.45, 2.75) is 97.5 Å². The maximum atomic E-state index is 12.6. The molecule has 0 radical (unpaired) electrons. The number of fused-ring (bicyclic) bond motifs is 1. The van der Waals surface area contributed by atoms with Gasteiger partial charge < -0.3 is 4.74 Å². The number of nitrogens with one attached hydrogen (secondary N) is 1. The molecule has 1 heterocycles. The van der Waals surface area contributed by atoms with Crippen LogP contribution < -0.4 is 9.46 Å². The van der Waals surface area contributed by atoms with E-state index in [0.29, 0.717) is 11.5 Å². The first-order valence-corrected chi connectivity index (χ1v) is 12.7. The first-order chi connectivity index (χ1) is 14.3. The smallest absolute Gasteiger partial charge is 0.120 e. The van der Waals surface area contributed by atoms with Gasteiger partial charge in [0.1, 0.15) is 5.75 Å². The summed E-state index contributed by atoms with van der Waals surface area (Å²) >= 11 is 0. The highest BCUT2D eigenvalue weighted by Gasteiger charge is 2.31. The lowest BCUT2D eigenvalue weighted by molar-refractivity contribution is 0.0883. The van der Waals surface area contributed by atoms with Crippen LogP contribution in [0.4, 0.5) is 0 Å². The van der Waals surface area contributed by atoms with Crippen LogP contribution in [-0.4, -0.2) is 20.0 Å². The predicted octanol–water partition coefficient (Wildman–Crippen LogP) is 6.51. The fourth-order valence-electron chi connectivity index (χ4n) is 4.20. The number of nitrogens with zero attached hydrogens (tertiary/aromatic N) is 1. The van der Waals surface area contributed by atoms with Gasteiger partial charge in [0.2, 0.25) is 0 Å². The number of benzene rings is 1. The SMILES string of the molecule is CC(C)(NS(=O)C(C)(C)C)c1ccc2cc(OC3CCC(C(C)(C)C)CC3)ccc2n1. The quantitative estimate of drug-likeness (QED) is 0.572. The number of ether oxygens (including phenoxy) is 1. The van der Waals surface area contributed by atoms with Crippen LogP contribution >= 0.6 is 0 Å². The van der Waals surface area contributed by atoms with E-state index < -0.39 is 16.5 Å². The number of hydrogen-bond donors (Lipinski definition) is 1. The highest BCUT2D eigenvalue weighted by atomic mass is 32.2. The number of hydrogen-bond acceptors (Lipinski definition) is 3. The molecule has 1 aliphatic carbocycles. The van der Waals surface area contributed by atoms with Gasteiger partial charge in [-0.05, 0) is 95.9 Å². The molecule has 0 aliphatic heterocycles. The summed E-state index contributed by atoms with van der Waals surface area (Å²) in [6.45, 7) is 17.0. The van der Waals surface area contributed by atoms with E-state index in [2.05, 4.69) is 37.6 Å². The topological polar surface area (TPSA) is 51.2 Å². The number of pyridine rings is 1. The molecule has 1 atom stereocenters. The average molecular weight is 445 g/mol. The van der Waals surface area contributed by atoms with E-state index in [-0.39, 0.29) is 4.75 Å². The molecule has 0 saturated heterocycles. The van der Waals surface area contributed by atoms with Gasteiger partial charge in [-0.2, -0.15) is 0 Å². The normalized spacial score (nSPS) is 21.8. The van der Waals surface area contributed by atoms with Gasteiger partial charge in [-0.15, -0.1) is 0 Å². The summed E-state index contributed by atoms with van der Waals surface area (Å²) in [4.78, 5) is 4.85. The lowest BCUT2D eigenvalue weighted by Gasteiger charge is -2.37. The zero-order chi connectivity index (χ0) is 23.0. The molecule has 172 valence electrons. The van der Waals surface area contributed by atoms with Crippen LogP contribution in [-0.2, 0) is 16.5 Å². The van der Waals surface area contributed by atoms with Crippen molar-refractivity contribution >= 4 is 21.9 Å². The minimum absolute atomic E-state index is 0.304. The first-order valence-electron chi connectivity index (χ1n) is 11.5. The lowest BCUT2D eigenvalue weighted by atomic mass is 9.72. The van der Waals surface area contributed by atoms with Crippen LogP contribution in [0.1, 0.15) is 86.8 Å². The maximum absolute atomic E-state index is 12.6. The molecular formula is C26H40N2O2S. The van der Waals surface area contributed by atoms with E-state index in [4.69, 9.17) is 9.72 Å². The van der Waals surface area contributed by atoms with E-state index in [1.165, 1.54) is 12.8 Å². The van der Waals surface area contributed by atoms with Gasteiger partial charge in [0, 0.05) is 5.39 Å². The zero-order valence-electron chi connectivity index (χ0n) is 20.5. The van der Waals surface area contributed by atoms with Gasteiger partial charge in [-0.25, -0.2) is 8.93 Å². The van der Waals surface area contributed by atoms with Crippen molar-refractivity contribution in [2.24, 2.45) is 11.3 Å². The average Bonchev–Trinajstić information content (AvgIpc) is 2.66. The molecule has 1 aliphatic rings. The van der Waals surface area contributed by atoms with Gasteiger partial charge in [-0.1, -0.05) is 26.8 Å². The van der Waals surface area contributed by atoms with E-state index in [9.17, 15) is 4.21 Å². The Hall–Kier alpha value is -1.46. The predicted molar refractivity (Wildman–Crippen MR) is 132 cm³/mol. The molecule has 0 bridgehead atoms. The summed E-state index contributed by atoms with van der Waals surface area (Å²) in [5, 5.41) is 1.07. The third kappa shape index (κ3) is 6.07. The molecule has 1 unspecified atom stereocenters. The van der Waals surface area contributed by atoms with Crippen LogP contribution in [0.15, 0.2) is 30.3 Å². The van der Waals surface area contributed by atoms with Crippen molar-refractivity contribution in [2.75, 3.05) is 0 Å². The molecule has 31 heavy (non-hydrogen) atoms. The van der Waals surface area contributed by atoms with Crippen molar-refractivity contribution < 1.29 is 8.95 Å². The molecule has 0 amide bonds. The third-order valence-corrected chi connectivity index (χ3v) is 8.21. The number of rotatable bonds is 5. The van der Waals surface area contributed by atoms with E-state index >= 15 is 0 Å². The van der Waals surface area contributed by atoms with Crippen molar-refractivity contribution in [3.05, 3.63) is 36.0 Å². The summed E-state index contributed by atoms with van der Waals surface area (Å²) in [5.74, 6) is 1.71. The molecular weight excluding hydrogens is 404 g/mol. The Balaban J connectivity index is 1.70. The highest BCUT2D eigenvalue weighted by molar-refractivity contribution is 7.84. The van der Waals surface area contributed by atoms with Gasteiger partial charge in [0.05, 0.1) is 38.6 Å². The van der Waals surface area contributed by atoms with E-state index in [1.54, 1.807) is 0 Å². The van der Waals surface area contributed by atoms with E-state index in [1.807, 2.05) is 52.8 Å². The van der Waals surface area contributed by atoms with Gasteiger partial charge in [-0.3, -0.25) is 4.98 Å². The number of aromatic nitrogens is 1. The van der Waals surface area contributed by atoms with Crippen LogP contribution in [0.25, 0.3) is 10.9 Å². The highest BCUT2D eigenvalue weighted by Crippen LogP contribution is 2.39. The third-order valence-electron chi connectivity index (χ3n) is 6.41. The standard InChI is InChI=1S/C26H40N2O2S/c1-24(2,3)19-10-12-20(13-11-19)30-21-14-15-22-18(17-21)9-16-23(27-22)26(7,8)28-31(29)25(4,5)6/h9,14-17,19-20,28H,10-13H2,1-8H3. The van der Waals surface area contributed by atoms with Crippen LogP contribution in [0.2, 0.25) is 0 Å². The molecule has 1 N–H and O–H groups in total. The molecule has 1 saturated carbocycles. The second-order valence-corrected chi connectivity index (χ2v) is 13.6. The van der Waals surface area contributed by atoms with Gasteiger partial charge in [0.25, 0.3) is 0 Å². The fourth-order valence-corrected chi connectivity index (χ4v) is 5.08. The Morgan fingerprint density at radius 1 is 0.935 bits per heavy atom. The zero-order valence-corrected chi connectivity index (χ0v) is 21.4. The molecule has 1 aromatic heterocycles. The summed E-state index contributed by atoms with van der Waals surface area (Å²) in [5.41, 5.74) is 1.71. The van der Waals surface area contributed by atoms with Crippen molar-refractivity contribution in [1.29, 1.82) is 0 Å². The second-order valence-electron chi connectivity index (χ2n) is 11.6. The van der Waals surface area contributed by atoms with Crippen LogP contribution in [0.3, 0.4) is 0 Å². The van der Waals surface area contributed by atoms with Crippen LogP contribution in [0.5, 0.6) is 5.75 Å². The Bertz CT molecular complexity index is 933. The van der Waals surface area contributed by atoms with Gasteiger partial charge >= 0.3 is 0 Å². The Labute approximate surface area is 191 Å². The van der Waals surface area contributed by atoms with Crippen molar-refractivity contribution in [3.8, 4) is 5.75 Å². The van der Waals surface area contributed by atoms with Gasteiger partial charge in [0.15, 0.2) is 0 Å². The van der Waals surface area contributed by atoms with Crippen molar-refractivity contribution in [1.82, 2.24) is 9.71 Å². The molecule has 2 aromatic rings. The molecule has 5 heteroatoms. The first kappa shape index (κ1) is 24.2. The monoisotopic (exact) mass is 444 g/mol. The largest absolute Gasteiger partial charge is 0.490 e. The summed E-state index contributed by atoms with van der Waals surface area (Å²) in [6, 6.07) is 10.3. The minimum Gasteiger partial charge on any atom is -0.490 e. The summed E-state index contributed by atoms with van der Waals surface area (Å²) < 4.78 is 21.8. The lowest BCUT2D eigenvalue weighted by Crippen LogP contribution is -2.44. The molecule has 0 spiro atoms. The van der Waals surface area contributed by atoms with Crippen LogP contribution in [0, 0.1) is 11.3 Å². The minimum atomic E-state index is -1.17. The Kier molecular flexibility index (Phi) is 6.88. The Morgan fingerprint density at radius 3 is 2.16 bits per heavy atom. The second kappa shape index (κ2) is 8.82. The molecule has 1 aromatic carbocycles. The molecule has 3 rings (SSSR count). The molecule has 1 fully saturated rings. The van der Waals surface area contributed by atoms with E-state index in [0.717, 1.165) is 41.1 Å². The molecule has 4 nitrogen and oxygen atoms in total. The fraction of sp³-hybridized carbons (Fsp3) is 0.654. The summed E-state index contributed by atoms with van der Waals surface area (Å²) in [7, 11) is -1.17.